The lowest BCUT2D eigenvalue weighted by Gasteiger charge is -2.36. The summed E-state index contributed by atoms with van der Waals surface area (Å²) in [7, 11) is 1.62. The summed E-state index contributed by atoms with van der Waals surface area (Å²) in [5, 5.41) is 13.6. The van der Waals surface area contributed by atoms with E-state index < -0.39 is 6.10 Å². The number of β-amino-alcohol motifs (C(OH)–C–C–N with tert-alkyl or cyclic N) is 1. The second-order valence-corrected chi connectivity index (χ2v) is 8.54. The second-order valence-electron chi connectivity index (χ2n) is 8.54. The Kier molecular flexibility index (Phi) is 8.20. The first-order valence-electron chi connectivity index (χ1n) is 11.5. The van der Waals surface area contributed by atoms with E-state index in [1.165, 1.54) is 0 Å². The van der Waals surface area contributed by atoms with E-state index in [0.717, 1.165) is 37.9 Å². The summed E-state index contributed by atoms with van der Waals surface area (Å²) < 4.78 is 27.8. The zero-order valence-corrected chi connectivity index (χ0v) is 18.7. The number of methoxy groups -OCH3 is 1. The van der Waals surface area contributed by atoms with E-state index in [1.807, 2.05) is 6.07 Å². The first-order valence-corrected chi connectivity index (χ1v) is 11.5. The molecule has 0 unspecified atom stereocenters. The number of rotatable bonds is 8. The van der Waals surface area contributed by atoms with E-state index >= 15 is 0 Å². The van der Waals surface area contributed by atoms with Crippen molar-refractivity contribution in [3.63, 3.8) is 0 Å². The summed E-state index contributed by atoms with van der Waals surface area (Å²) in [5.41, 5.74) is 1.30. The number of nitrogens with one attached hydrogen (secondary N) is 1. The molecule has 9 nitrogen and oxygen atoms in total. The lowest BCUT2D eigenvalue weighted by Crippen LogP contribution is -2.48. The first kappa shape index (κ1) is 23.3. The molecule has 2 N–H and O–H groups in total. The van der Waals surface area contributed by atoms with Crippen LogP contribution in [-0.4, -0.2) is 88.0 Å². The highest BCUT2D eigenvalue weighted by Crippen LogP contribution is 2.35. The Labute approximate surface area is 188 Å². The molecule has 32 heavy (non-hydrogen) atoms. The average molecular weight is 451 g/mol. The largest absolute Gasteiger partial charge is 0.490 e. The minimum Gasteiger partial charge on any atom is -0.490 e. The maximum atomic E-state index is 13.0. The minimum atomic E-state index is -0.494. The van der Waals surface area contributed by atoms with Gasteiger partial charge in [0, 0.05) is 45.5 Å². The Bertz CT molecular complexity index is 769. The molecule has 3 aliphatic rings. The number of nitrogens with zero attached hydrogens (tertiary/aromatic N) is 1. The van der Waals surface area contributed by atoms with Crippen LogP contribution in [0.1, 0.15) is 35.2 Å². The molecule has 1 aromatic carbocycles. The van der Waals surface area contributed by atoms with E-state index in [2.05, 4.69) is 10.2 Å². The van der Waals surface area contributed by atoms with Crippen molar-refractivity contribution in [1.82, 2.24) is 10.2 Å². The van der Waals surface area contributed by atoms with Crippen LogP contribution in [-0.2, 0) is 20.8 Å². The van der Waals surface area contributed by atoms with E-state index in [-0.39, 0.29) is 18.1 Å². The molecular formula is C23H34N2O7. The number of likely N-dealkylation sites (tertiary alicyclic amines) is 1. The normalized spacial score (nSPS) is 24.3. The Hall–Kier alpha value is -1.91. The lowest BCUT2D eigenvalue weighted by atomic mass is 9.93. The van der Waals surface area contributed by atoms with Gasteiger partial charge in [-0.1, -0.05) is 0 Å². The molecule has 3 heterocycles. The topological polar surface area (TPSA) is 98.7 Å². The summed E-state index contributed by atoms with van der Waals surface area (Å²) in [6.07, 6.45) is 1.76. The van der Waals surface area contributed by atoms with Crippen molar-refractivity contribution in [2.75, 3.05) is 59.7 Å². The van der Waals surface area contributed by atoms with Crippen molar-refractivity contribution >= 4 is 5.91 Å². The summed E-state index contributed by atoms with van der Waals surface area (Å²) in [6.45, 7) is 5.45. The van der Waals surface area contributed by atoms with E-state index in [9.17, 15) is 9.90 Å². The van der Waals surface area contributed by atoms with E-state index in [4.69, 9.17) is 23.7 Å². The number of hydrogen-bond acceptors (Lipinski definition) is 8. The number of aliphatic hydroxyl groups excluding tert-OH is 1. The van der Waals surface area contributed by atoms with E-state index in [0.29, 0.717) is 63.2 Å². The van der Waals surface area contributed by atoms with Crippen molar-refractivity contribution in [2.24, 2.45) is 5.92 Å². The molecule has 1 amide bonds. The first-order chi connectivity index (χ1) is 15.6. The van der Waals surface area contributed by atoms with Gasteiger partial charge in [-0.15, -0.1) is 0 Å². The molecule has 9 heteroatoms. The summed E-state index contributed by atoms with van der Waals surface area (Å²) in [4.78, 5) is 15.3. The van der Waals surface area contributed by atoms with Crippen LogP contribution >= 0.6 is 0 Å². The van der Waals surface area contributed by atoms with Gasteiger partial charge in [0.1, 0.15) is 0 Å². The number of aliphatic hydroxyl groups is 1. The van der Waals surface area contributed by atoms with Crippen LogP contribution in [0.15, 0.2) is 12.1 Å². The molecule has 0 radical (unpaired) electrons. The molecule has 0 spiro atoms. The minimum absolute atomic E-state index is 0.00658. The zero-order valence-electron chi connectivity index (χ0n) is 18.7. The van der Waals surface area contributed by atoms with Gasteiger partial charge in [0.2, 0.25) is 0 Å². The summed E-state index contributed by atoms with van der Waals surface area (Å²) in [5.74, 6) is 0.833. The number of amides is 1. The molecule has 4 rings (SSSR count). The summed E-state index contributed by atoms with van der Waals surface area (Å²) in [6, 6.07) is 3.65. The fourth-order valence-electron chi connectivity index (χ4n) is 4.42. The van der Waals surface area contributed by atoms with Crippen LogP contribution < -0.4 is 14.8 Å². The Morgan fingerprint density at radius 2 is 2.03 bits per heavy atom. The smallest absolute Gasteiger partial charge is 0.255 e. The highest BCUT2D eigenvalue weighted by atomic mass is 16.7. The molecule has 178 valence electrons. The van der Waals surface area contributed by atoms with Gasteiger partial charge in [0.15, 0.2) is 17.8 Å². The van der Waals surface area contributed by atoms with Gasteiger partial charge in [0.25, 0.3) is 5.91 Å². The number of benzene rings is 1. The molecule has 2 atom stereocenters. The molecule has 2 saturated heterocycles. The van der Waals surface area contributed by atoms with Crippen molar-refractivity contribution < 1.29 is 33.6 Å². The van der Waals surface area contributed by atoms with Gasteiger partial charge in [0.05, 0.1) is 44.7 Å². The van der Waals surface area contributed by atoms with Crippen LogP contribution in [0.25, 0.3) is 0 Å². The number of hydrogen-bond donors (Lipinski definition) is 2. The molecule has 3 aliphatic heterocycles. The number of carbonyl (C=O) groups excluding carboxylic acids is 1. The third kappa shape index (κ3) is 5.90. The molecule has 0 aliphatic carbocycles. The third-order valence-electron chi connectivity index (χ3n) is 6.17. The van der Waals surface area contributed by atoms with Gasteiger partial charge in [-0.25, -0.2) is 0 Å². The number of fused-ring (bicyclic) bond motifs is 1. The van der Waals surface area contributed by atoms with Crippen molar-refractivity contribution in [1.29, 1.82) is 0 Å². The SMILES string of the molecule is COCc1cc2c(c(C(=O)NC[C@@H]3CCN(CCC4OCCO4)C[C@H]3O)c1)OCCCO2. The highest BCUT2D eigenvalue weighted by molar-refractivity contribution is 5.98. The molecule has 2 fully saturated rings. The highest BCUT2D eigenvalue weighted by Gasteiger charge is 2.29. The van der Waals surface area contributed by atoms with E-state index in [1.54, 1.807) is 13.2 Å². The van der Waals surface area contributed by atoms with Gasteiger partial charge >= 0.3 is 0 Å². The molecule has 0 aromatic heterocycles. The van der Waals surface area contributed by atoms with Gasteiger partial charge in [-0.3, -0.25) is 4.79 Å². The summed E-state index contributed by atoms with van der Waals surface area (Å²) >= 11 is 0. The molecule has 1 aromatic rings. The predicted octanol–water partition coefficient (Wildman–Crippen LogP) is 1.17. The Morgan fingerprint density at radius 3 is 2.81 bits per heavy atom. The monoisotopic (exact) mass is 450 g/mol. The second kappa shape index (κ2) is 11.3. The Balaban J connectivity index is 1.32. The Morgan fingerprint density at radius 1 is 1.22 bits per heavy atom. The number of ether oxygens (including phenoxy) is 5. The third-order valence-corrected chi connectivity index (χ3v) is 6.17. The van der Waals surface area contributed by atoms with Gasteiger partial charge < -0.3 is 39.0 Å². The van der Waals surface area contributed by atoms with Crippen molar-refractivity contribution in [3.8, 4) is 11.5 Å². The lowest BCUT2D eigenvalue weighted by molar-refractivity contribution is -0.0576. The maximum Gasteiger partial charge on any atom is 0.255 e. The average Bonchev–Trinajstić information content (AvgIpc) is 3.20. The van der Waals surface area contributed by atoms with Gasteiger partial charge in [-0.05, 0) is 30.7 Å². The van der Waals surface area contributed by atoms with Crippen LogP contribution in [0.3, 0.4) is 0 Å². The molecular weight excluding hydrogens is 416 g/mol. The van der Waals surface area contributed by atoms with Crippen molar-refractivity contribution in [2.45, 2.75) is 38.3 Å². The van der Waals surface area contributed by atoms with Crippen LogP contribution in [0.5, 0.6) is 11.5 Å². The van der Waals surface area contributed by atoms with Gasteiger partial charge in [-0.2, -0.15) is 0 Å². The zero-order chi connectivity index (χ0) is 22.3. The van der Waals surface area contributed by atoms with Crippen LogP contribution in [0, 0.1) is 5.92 Å². The fraction of sp³-hybridized carbons (Fsp3) is 0.696. The predicted molar refractivity (Wildman–Crippen MR) is 116 cm³/mol. The number of carbonyl (C=O) groups is 1. The number of piperidine rings is 1. The maximum absolute atomic E-state index is 13.0. The van der Waals surface area contributed by atoms with Crippen LogP contribution in [0.2, 0.25) is 0 Å². The molecule has 0 saturated carbocycles. The quantitative estimate of drug-likeness (QED) is 0.609. The standard InChI is InChI=1S/C23H34N2O7/c1-28-15-16-11-18(22-20(12-16)29-7-2-8-32-22)23(27)24-13-17-3-5-25(14-19(17)26)6-4-21-30-9-10-31-21/h11-12,17,19,21,26H,2-10,13-15H2,1H3,(H,24,27)/t17-,19+/m0/s1. The molecule has 0 bridgehead atoms. The van der Waals surface area contributed by atoms with Crippen LogP contribution in [0.4, 0.5) is 0 Å². The van der Waals surface area contributed by atoms with Crippen molar-refractivity contribution in [3.05, 3.63) is 23.3 Å². The fourth-order valence-corrected chi connectivity index (χ4v) is 4.42.